The number of ether oxygens (including phenoxy) is 1. The van der Waals surface area contributed by atoms with Crippen molar-refractivity contribution in [3.63, 3.8) is 0 Å². The molecule has 1 rings (SSSR count). The number of hydrogen-bond donors (Lipinski definition) is 0. The summed E-state index contributed by atoms with van der Waals surface area (Å²) in [6.07, 6.45) is 1.36. The Balaban J connectivity index is 3.02. The van der Waals surface area contributed by atoms with E-state index in [0.29, 0.717) is 17.0 Å². The minimum Gasteiger partial charge on any atom is -0.494 e. The van der Waals surface area contributed by atoms with Gasteiger partial charge >= 0.3 is 0 Å². The number of hydrogen-bond acceptors (Lipinski definition) is 2. The highest BCUT2D eigenvalue weighted by Crippen LogP contribution is 2.26. The molecule has 0 aromatic heterocycles. The zero-order valence-electron chi connectivity index (χ0n) is 7.72. The zero-order chi connectivity index (χ0) is 10.6. The fourth-order valence-electron chi connectivity index (χ4n) is 1.16. The molecule has 1 aromatic rings. The van der Waals surface area contributed by atoms with Crippen molar-refractivity contribution in [2.24, 2.45) is 0 Å². The summed E-state index contributed by atoms with van der Waals surface area (Å²) in [6.45, 7) is 0. The summed E-state index contributed by atoms with van der Waals surface area (Å²) < 4.78 is 18.3. The Morgan fingerprint density at radius 3 is 2.86 bits per heavy atom. The fraction of sp³-hybridized carbons (Fsp3) is 0.300. The summed E-state index contributed by atoms with van der Waals surface area (Å²) in [7, 11) is 1.37. The molecule has 2 nitrogen and oxygen atoms in total. The predicted octanol–water partition coefficient (Wildman–Crippen LogP) is 2.62. The van der Waals surface area contributed by atoms with E-state index < -0.39 is 5.82 Å². The minimum atomic E-state index is -0.446. The van der Waals surface area contributed by atoms with Crippen LogP contribution < -0.4 is 4.74 Å². The molecule has 0 unspecified atom stereocenters. The highest BCUT2D eigenvalue weighted by molar-refractivity contribution is 6.30. The number of rotatable bonds is 4. The van der Waals surface area contributed by atoms with Gasteiger partial charge in [-0.1, -0.05) is 11.6 Å². The topological polar surface area (TPSA) is 26.3 Å². The highest BCUT2D eigenvalue weighted by atomic mass is 35.5. The van der Waals surface area contributed by atoms with Crippen LogP contribution in [0.3, 0.4) is 0 Å². The molecule has 0 fully saturated rings. The lowest BCUT2D eigenvalue weighted by Gasteiger charge is -2.07. The van der Waals surface area contributed by atoms with E-state index in [1.54, 1.807) is 0 Å². The van der Waals surface area contributed by atoms with Crippen LogP contribution >= 0.6 is 11.6 Å². The molecule has 0 aliphatic heterocycles. The van der Waals surface area contributed by atoms with E-state index in [-0.39, 0.29) is 12.2 Å². The molecular formula is C10H10ClFO2. The first-order valence-electron chi connectivity index (χ1n) is 4.14. The van der Waals surface area contributed by atoms with Crippen molar-refractivity contribution < 1.29 is 13.9 Å². The van der Waals surface area contributed by atoms with Gasteiger partial charge in [-0.05, 0) is 18.1 Å². The van der Waals surface area contributed by atoms with E-state index in [2.05, 4.69) is 0 Å². The summed E-state index contributed by atoms with van der Waals surface area (Å²) in [4.78, 5) is 10.1. The van der Waals surface area contributed by atoms with Gasteiger partial charge in [0.15, 0.2) is 11.6 Å². The van der Waals surface area contributed by atoms with Gasteiger partial charge in [0, 0.05) is 17.5 Å². The van der Waals surface area contributed by atoms with Gasteiger partial charge in [-0.25, -0.2) is 4.39 Å². The third-order valence-electron chi connectivity index (χ3n) is 1.83. The van der Waals surface area contributed by atoms with Gasteiger partial charge in [0.05, 0.1) is 7.11 Å². The smallest absolute Gasteiger partial charge is 0.168 e. The molecule has 4 heteroatoms. The second-order valence-corrected chi connectivity index (χ2v) is 3.22. The fourth-order valence-corrected chi connectivity index (χ4v) is 1.39. The molecule has 0 amide bonds. The monoisotopic (exact) mass is 216 g/mol. The molecule has 0 atom stereocenters. The molecular weight excluding hydrogens is 207 g/mol. The van der Waals surface area contributed by atoms with Crippen LogP contribution in [0.5, 0.6) is 5.75 Å². The number of benzene rings is 1. The maximum atomic E-state index is 13.5. The van der Waals surface area contributed by atoms with E-state index in [1.807, 2.05) is 0 Å². The van der Waals surface area contributed by atoms with Crippen LogP contribution in [0.25, 0.3) is 0 Å². The first kappa shape index (κ1) is 11.0. The van der Waals surface area contributed by atoms with Crippen molar-refractivity contribution in [3.05, 3.63) is 28.5 Å². The van der Waals surface area contributed by atoms with E-state index in [1.165, 1.54) is 19.2 Å². The molecule has 0 heterocycles. The predicted molar refractivity (Wildman–Crippen MR) is 52.3 cm³/mol. The first-order chi connectivity index (χ1) is 6.69. The lowest BCUT2D eigenvalue weighted by Crippen LogP contribution is -1.96. The van der Waals surface area contributed by atoms with Crippen molar-refractivity contribution in [3.8, 4) is 5.75 Å². The largest absolute Gasteiger partial charge is 0.494 e. The van der Waals surface area contributed by atoms with Gasteiger partial charge in [-0.15, -0.1) is 0 Å². The quantitative estimate of drug-likeness (QED) is 0.724. The average molecular weight is 217 g/mol. The molecule has 0 saturated heterocycles. The number of carbonyl (C=O) groups is 1. The lowest BCUT2D eigenvalue weighted by molar-refractivity contribution is -0.107. The number of carbonyl (C=O) groups excluding carboxylic acids is 1. The molecule has 0 radical (unpaired) electrons. The molecule has 1 aromatic carbocycles. The van der Waals surface area contributed by atoms with Gasteiger partial charge in [-0.3, -0.25) is 0 Å². The molecule has 76 valence electrons. The van der Waals surface area contributed by atoms with E-state index in [4.69, 9.17) is 16.3 Å². The van der Waals surface area contributed by atoms with Gasteiger partial charge in [0.1, 0.15) is 6.29 Å². The summed E-state index contributed by atoms with van der Waals surface area (Å²) in [5, 5.41) is 0.407. The van der Waals surface area contributed by atoms with Crippen LogP contribution in [0.2, 0.25) is 5.02 Å². The molecule has 0 aliphatic rings. The first-order valence-corrected chi connectivity index (χ1v) is 4.52. The molecule has 14 heavy (non-hydrogen) atoms. The van der Waals surface area contributed by atoms with Crippen molar-refractivity contribution in [2.75, 3.05) is 7.11 Å². The average Bonchev–Trinajstić information content (AvgIpc) is 2.18. The van der Waals surface area contributed by atoms with Crippen molar-refractivity contribution >= 4 is 17.9 Å². The van der Waals surface area contributed by atoms with Crippen LogP contribution in [0.15, 0.2) is 12.1 Å². The van der Waals surface area contributed by atoms with Gasteiger partial charge in [0.25, 0.3) is 0 Å². The lowest BCUT2D eigenvalue weighted by atomic mass is 10.1. The van der Waals surface area contributed by atoms with Crippen molar-refractivity contribution in [1.29, 1.82) is 0 Å². The number of aryl methyl sites for hydroxylation is 1. The molecule has 0 aliphatic carbocycles. The maximum absolute atomic E-state index is 13.5. The van der Waals surface area contributed by atoms with Crippen LogP contribution in [0.4, 0.5) is 4.39 Å². The number of aldehydes is 1. The Hall–Kier alpha value is -1.09. The van der Waals surface area contributed by atoms with Crippen LogP contribution in [-0.4, -0.2) is 13.4 Å². The van der Waals surface area contributed by atoms with E-state index in [0.717, 1.165) is 6.29 Å². The number of methoxy groups -OCH3 is 1. The molecule has 0 N–H and O–H groups in total. The maximum Gasteiger partial charge on any atom is 0.168 e. The second-order valence-electron chi connectivity index (χ2n) is 2.79. The molecule has 0 bridgehead atoms. The molecule has 0 spiro atoms. The van der Waals surface area contributed by atoms with Crippen molar-refractivity contribution in [1.82, 2.24) is 0 Å². The minimum absolute atomic E-state index is 0.110. The van der Waals surface area contributed by atoms with E-state index >= 15 is 0 Å². The van der Waals surface area contributed by atoms with Crippen LogP contribution in [0.1, 0.15) is 12.0 Å². The van der Waals surface area contributed by atoms with Crippen molar-refractivity contribution in [2.45, 2.75) is 12.8 Å². The van der Waals surface area contributed by atoms with Crippen LogP contribution in [0, 0.1) is 5.82 Å². The number of halogens is 2. The Morgan fingerprint density at radius 2 is 2.29 bits per heavy atom. The SMILES string of the molecule is COc1cc(Cl)cc(CCC=O)c1F. The normalized spacial score (nSPS) is 9.93. The molecule has 0 saturated carbocycles. The summed E-state index contributed by atoms with van der Waals surface area (Å²) in [5.41, 5.74) is 0.404. The Bertz CT molecular complexity index is 339. The highest BCUT2D eigenvalue weighted by Gasteiger charge is 2.10. The third kappa shape index (κ3) is 2.45. The second kappa shape index (κ2) is 4.96. The van der Waals surface area contributed by atoms with E-state index in [9.17, 15) is 9.18 Å². The standard InChI is InChI=1S/C10H10ClFO2/c1-14-9-6-8(11)5-7(10(9)12)3-2-4-13/h4-6H,2-3H2,1H3. The van der Waals surface area contributed by atoms with Gasteiger partial charge in [-0.2, -0.15) is 0 Å². The van der Waals surface area contributed by atoms with Gasteiger partial charge < -0.3 is 9.53 Å². The summed E-state index contributed by atoms with van der Waals surface area (Å²) >= 11 is 5.74. The Labute approximate surface area is 86.6 Å². The summed E-state index contributed by atoms with van der Waals surface area (Å²) in [6, 6.07) is 2.91. The zero-order valence-corrected chi connectivity index (χ0v) is 8.47. The van der Waals surface area contributed by atoms with Gasteiger partial charge in [0.2, 0.25) is 0 Å². The summed E-state index contributed by atoms with van der Waals surface area (Å²) in [5.74, 6) is -0.336. The van der Waals surface area contributed by atoms with Crippen LogP contribution in [-0.2, 0) is 11.2 Å². The Kier molecular flexibility index (Phi) is 3.89. The third-order valence-corrected chi connectivity index (χ3v) is 2.05. The Morgan fingerprint density at radius 1 is 1.57 bits per heavy atom.